The molecule has 0 aliphatic heterocycles. The summed E-state index contributed by atoms with van der Waals surface area (Å²) >= 11 is 0. The van der Waals surface area contributed by atoms with Crippen molar-refractivity contribution in [3.05, 3.63) is 30.3 Å². The maximum absolute atomic E-state index is 5.84. The fraction of sp³-hybridized carbons (Fsp3) is 0.667. The fourth-order valence-electron chi connectivity index (χ4n) is 3.00. The lowest BCUT2D eigenvalue weighted by atomic mass is 9.99. The highest BCUT2D eigenvalue weighted by atomic mass is 16.5. The molecule has 0 bridgehead atoms. The molecule has 1 aromatic carbocycles. The van der Waals surface area contributed by atoms with Crippen LogP contribution < -0.4 is 10.1 Å². The van der Waals surface area contributed by atoms with Gasteiger partial charge in [-0.15, -0.1) is 0 Å². The van der Waals surface area contributed by atoms with Gasteiger partial charge in [-0.3, -0.25) is 0 Å². The van der Waals surface area contributed by atoms with Crippen LogP contribution in [0.5, 0.6) is 5.75 Å². The highest BCUT2D eigenvalue weighted by Crippen LogP contribution is 2.27. The predicted octanol–water partition coefficient (Wildman–Crippen LogP) is 3.64. The van der Waals surface area contributed by atoms with Crippen molar-refractivity contribution >= 4 is 0 Å². The second-order valence-corrected chi connectivity index (χ2v) is 5.84. The first-order valence-corrected chi connectivity index (χ1v) is 8.39. The van der Waals surface area contributed by atoms with Gasteiger partial charge in [0.1, 0.15) is 12.4 Å². The predicted molar refractivity (Wildman–Crippen MR) is 86.8 cm³/mol. The Kier molecular flexibility index (Phi) is 7.61. The van der Waals surface area contributed by atoms with Crippen molar-refractivity contribution in [3.63, 3.8) is 0 Å². The van der Waals surface area contributed by atoms with E-state index in [4.69, 9.17) is 9.47 Å². The largest absolute Gasteiger partial charge is 0.491 e. The smallest absolute Gasteiger partial charge is 0.119 e. The average molecular weight is 291 g/mol. The number of ether oxygens (including phenoxy) is 2. The van der Waals surface area contributed by atoms with E-state index < -0.39 is 0 Å². The van der Waals surface area contributed by atoms with E-state index in [-0.39, 0.29) is 0 Å². The topological polar surface area (TPSA) is 30.5 Å². The Bertz CT molecular complexity index is 363. The number of hydrogen-bond acceptors (Lipinski definition) is 3. The molecule has 1 aromatic rings. The molecule has 1 saturated carbocycles. The summed E-state index contributed by atoms with van der Waals surface area (Å²) < 4.78 is 11.5. The number of rotatable bonds is 10. The summed E-state index contributed by atoms with van der Waals surface area (Å²) in [6, 6.07) is 10.4. The van der Waals surface area contributed by atoms with Crippen molar-refractivity contribution < 1.29 is 9.47 Å². The van der Waals surface area contributed by atoms with Gasteiger partial charge in [0, 0.05) is 6.04 Å². The van der Waals surface area contributed by atoms with Crippen molar-refractivity contribution in [2.24, 2.45) is 5.92 Å². The lowest BCUT2D eigenvalue weighted by Gasteiger charge is -2.24. The van der Waals surface area contributed by atoms with E-state index in [2.05, 4.69) is 12.2 Å². The first-order valence-electron chi connectivity index (χ1n) is 8.39. The van der Waals surface area contributed by atoms with Gasteiger partial charge in [-0.05, 0) is 43.9 Å². The summed E-state index contributed by atoms with van der Waals surface area (Å²) in [4.78, 5) is 0. The molecule has 0 amide bonds. The van der Waals surface area contributed by atoms with E-state index in [1.165, 1.54) is 32.1 Å². The maximum atomic E-state index is 5.84. The third-order valence-electron chi connectivity index (χ3n) is 4.16. The fourth-order valence-corrected chi connectivity index (χ4v) is 3.00. The van der Waals surface area contributed by atoms with E-state index in [0.29, 0.717) is 19.3 Å². The van der Waals surface area contributed by atoms with Gasteiger partial charge < -0.3 is 14.8 Å². The van der Waals surface area contributed by atoms with Gasteiger partial charge in [0.2, 0.25) is 0 Å². The molecule has 0 saturated heterocycles. The van der Waals surface area contributed by atoms with E-state index in [9.17, 15) is 0 Å². The van der Waals surface area contributed by atoms with Crippen LogP contribution in [0.3, 0.4) is 0 Å². The SMILES string of the molecule is CCCNC(COCCOc1ccccc1)C1CCCC1. The Morgan fingerprint density at radius 2 is 1.90 bits per heavy atom. The van der Waals surface area contributed by atoms with Crippen LogP contribution in [0.4, 0.5) is 0 Å². The van der Waals surface area contributed by atoms with E-state index >= 15 is 0 Å². The minimum Gasteiger partial charge on any atom is -0.491 e. The third kappa shape index (κ3) is 6.06. The Morgan fingerprint density at radius 3 is 2.62 bits per heavy atom. The number of benzene rings is 1. The normalized spacial score (nSPS) is 17.0. The number of para-hydroxylation sites is 1. The summed E-state index contributed by atoms with van der Waals surface area (Å²) in [5, 5.41) is 3.65. The molecule has 0 heterocycles. The quantitative estimate of drug-likeness (QED) is 0.668. The van der Waals surface area contributed by atoms with Crippen LogP contribution in [0.2, 0.25) is 0 Å². The summed E-state index contributed by atoms with van der Waals surface area (Å²) in [7, 11) is 0. The van der Waals surface area contributed by atoms with Gasteiger partial charge in [-0.25, -0.2) is 0 Å². The van der Waals surface area contributed by atoms with Gasteiger partial charge >= 0.3 is 0 Å². The lowest BCUT2D eigenvalue weighted by molar-refractivity contribution is 0.0705. The molecule has 0 radical (unpaired) electrons. The average Bonchev–Trinajstić information content (AvgIpc) is 3.05. The molecule has 21 heavy (non-hydrogen) atoms. The van der Waals surface area contributed by atoms with Crippen LogP contribution in [0.25, 0.3) is 0 Å². The Labute approximate surface area is 129 Å². The van der Waals surface area contributed by atoms with Gasteiger partial charge in [0.05, 0.1) is 13.2 Å². The van der Waals surface area contributed by atoms with Crippen LogP contribution in [0.15, 0.2) is 30.3 Å². The van der Waals surface area contributed by atoms with E-state index in [1.54, 1.807) is 0 Å². The van der Waals surface area contributed by atoms with Crippen molar-refractivity contribution in [3.8, 4) is 5.75 Å². The third-order valence-corrected chi connectivity index (χ3v) is 4.16. The zero-order valence-corrected chi connectivity index (χ0v) is 13.2. The second kappa shape index (κ2) is 9.80. The van der Waals surface area contributed by atoms with Crippen molar-refractivity contribution in [2.75, 3.05) is 26.4 Å². The van der Waals surface area contributed by atoms with Crippen molar-refractivity contribution in [1.82, 2.24) is 5.32 Å². The Morgan fingerprint density at radius 1 is 1.14 bits per heavy atom. The van der Waals surface area contributed by atoms with Gasteiger partial charge in [0.25, 0.3) is 0 Å². The van der Waals surface area contributed by atoms with Crippen molar-refractivity contribution in [2.45, 2.75) is 45.1 Å². The first kappa shape index (κ1) is 16.3. The molecular formula is C18H29NO2. The molecule has 118 valence electrons. The Hall–Kier alpha value is -1.06. The first-order chi connectivity index (χ1) is 10.4. The molecule has 1 atom stereocenters. The Balaban J connectivity index is 1.62. The second-order valence-electron chi connectivity index (χ2n) is 5.84. The monoisotopic (exact) mass is 291 g/mol. The number of hydrogen-bond donors (Lipinski definition) is 1. The minimum absolute atomic E-state index is 0.518. The van der Waals surface area contributed by atoms with E-state index in [1.807, 2.05) is 30.3 Å². The molecular weight excluding hydrogens is 262 g/mol. The maximum Gasteiger partial charge on any atom is 0.119 e. The standard InChI is InChI=1S/C18H29NO2/c1-2-12-19-18(16-8-6-7-9-16)15-20-13-14-21-17-10-4-3-5-11-17/h3-5,10-11,16,18-19H,2,6-9,12-15H2,1H3. The summed E-state index contributed by atoms with van der Waals surface area (Å²) in [5.74, 6) is 1.71. The van der Waals surface area contributed by atoms with Gasteiger partial charge in [-0.1, -0.05) is 38.0 Å². The molecule has 1 aliphatic carbocycles. The van der Waals surface area contributed by atoms with Gasteiger partial charge in [-0.2, -0.15) is 0 Å². The molecule has 2 rings (SSSR count). The van der Waals surface area contributed by atoms with Crippen LogP contribution >= 0.6 is 0 Å². The minimum atomic E-state index is 0.518. The highest BCUT2D eigenvalue weighted by molar-refractivity contribution is 5.20. The molecule has 1 N–H and O–H groups in total. The number of nitrogens with one attached hydrogen (secondary N) is 1. The zero-order valence-electron chi connectivity index (χ0n) is 13.2. The summed E-state index contributed by atoms with van der Waals surface area (Å²) in [6.07, 6.45) is 6.65. The lowest BCUT2D eigenvalue weighted by Crippen LogP contribution is -2.39. The van der Waals surface area contributed by atoms with Crippen LogP contribution in [0.1, 0.15) is 39.0 Å². The van der Waals surface area contributed by atoms with Gasteiger partial charge in [0.15, 0.2) is 0 Å². The zero-order chi connectivity index (χ0) is 14.8. The summed E-state index contributed by atoms with van der Waals surface area (Å²) in [6.45, 7) is 5.39. The summed E-state index contributed by atoms with van der Waals surface area (Å²) in [5.41, 5.74) is 0. The van der Waals surface area contributed by atoms with Crippen molar-refractivity contribution in [1.29, 1.82) is 0 Å². The molecule has 3 nitrogen and oxygen atoms in total. The van der Waals surface area contributed by atoms with Crippen LogP contribution in [0, 0.1) is 5.92 Å². The highest BCUT2D eigenvalue weighted by Gasteiger charge is 2.24. The van der Waals surface area contributed by atoms with Crippen LogP contribution in [-0.2, 0) is 4.74 Å². The molecule has 0 aromatic heterocycles. The molecule has 0 spiro atoms. The molecule has 1 aliphatic rings. The molecule has 3 heteroatoms. The van der Waals surface area contributed by atoms with Crippen LogP contribution in [-0.4, -0.2) is 32.4 Å². The van der Waals surface area contributed by atoms with E-state index in [0.717, 1.165) is 24.8 Å². The molecule has 1 unspecified atom stereocenters. The molecule has 1 fully saturated rings.